The molecule has 0 heterocycles. The Kier molecular flexibility index (Phi) is 10.9. The first-order valence-electron chi connectivity index (χ1n) is 11.6. The van der Waals surface area contributed by atoms with Crippen LogP contribution in [0.1, 0.15) is 32.8 Å². The lowest BCUT2D eigenvalue weighted by atomic mass is 10.1. The molecule has 0 aliphatic heterocycles. The van der Waals surface area contributed by atoms with Gasteiger partial charge in [-0.1, -0.05) is 36.2 Å². The van der Waals surface area contributed by atoms with E-state index in [1.807, 2.05) is 13.8 Å². The van der Waals surface area contributed by atoms with Crippen molar-refractivity contribution in [2.24, 2.45) is 0 Å². The van der Waals surface area contributed by atoms with Crippen LogP contribution in [0.4, 0.5) is 5.69 Å². The first-order valence-corrected chi connectivity index (χ1v) is 14.2. The van der Waals surface area contributed by atoms with E-state index in [9.17, 15) is 18.0 Å². The van der Waals surface area contributed by atoms with Gasteiger partial charge in [-0.15, -0.1) is 0 Å². The predicted octanol–water partition coefficient (Wildman–Crippen LogP) is 4.11. The van der Waals surface area contributed by atoms with Crippen molar-refractivity contribution in [1.29, 1.82) is 0 Å². The summed E-state index contributed by atoms with van der Waals surface area (Å²) in [6, 6.07) is 8.32. The van der Waals surface area contributed by atoms with Crippen LogP contribution in [0, 0.1) is 0 Å². The number of amides is 2. The van der Waals surface area contributed by atoms with E-state index < -0.39 is 28.5 Å². The average molecular weight is 575 g/mol. The maximum Gasteiger partial charge on any atom is 0.244 e. The van der Waals surface area contributed by atoms with Crippen LogP contribution in [0.2, 0.25) is 10.0 Å². The number of rotatable bonds is 12. The second-order valence-corrected chi connectivity index (χ2v) is 11.3. The van der Waals surface area contributed by atoms with Crippen LogP contribution in [0.15, 0.2) is 36.4 Å². The van der Waals surface area contributed by atoms with Crippen molar-refractivity contribution >= 4 is 50.7 Å². The number of methoxy groups -OCH3 is 2. The van der Waals surface area contributed by atoms with Gasteiger partial charge < -0.3 is 19.7 Å². The van der Waals surface area contributed by atoms with E-state index in [1.165, 1.54) is 37.3 Å². The molecule has 0 aliphatic rings. The summed E-state index contributed by atoms with van der Waals surface area (Å²) in [4.78, 5) is 27.9. The highest BCUT2D eigenvalue weighted by molar-refractivity contribution is 7.92. The molecular formula is C25H33Cl2N3O6S. The van der Waals surface area contributed by atoms with Crippen molar-refractivity contribution in [2.75, 3.05) is 31.3 Å². The summed E-state index contributed by atoms with van der Waals surface area (Å²) >= 11 is 12.4. The molecule has 2 rings (SSSR count). The number of halogens is 2. The van der Waals surface area contributed by atoms with Crippen molar-refractivity contribution < 1.29 is 27.5 Å². The van der Waals surface area contributed by atoms with E-state index in [0.717, 1.165) is 10.6 Å². The van der Waals surface area contributed by atoms with Gasteiger partial charge >= 0.3 is 0 Å². The number of ether oxygens (including phenoxy) is 2. The van der Waals surface area contributed by atoms with Crippen molar-refractivity contribution in [3.8, 4) is 11.5 Å². The molecule has 12 heteroatoms. The maximum atomic E-state index is 13.6. The molecule has 0 saturated carbocycles. The fourth-order valence-corrected chi connectivity index (χ4v) is 4.79. The summed E-state index contributed by atoms with van der Waals surface area (Å²) < 4.78 is 37.0. The predicted molar refractivity (Wildman–Crippen MR) is 146 cm³/mol. The van der Waals surface area contributed by atoms with Gasteiger partial charge in [-0.05, 0) is 50.1 Å². The van der Waals surface area contributed by atoms with E-state index in [4.69, 9.17) is 32.7 Å². The molecule has 37 heavy (non-hydrogen) atoms. The number of carbonyl (C=O) groups excluding carboxylic acids is 2. The number of hydrogen-bond acceptors (Lipinski definition) is 6. The third kappa shape index (κ3) is 8.15. The van der Waals surface area contributed by atoms with Crippen LogP contribution in [-0.2, 0) is 26.2 Å². The molecule has 2 atom stereocenters. The van der Waals surface area contributed by atoms with Gasteiger partial charge in [0, 0.05) is 28.7 Å². The van der Waals surface area contributed by atoms with Gasteiger partial charge in [0.25, 0.3) is 0 Å². The normalized spacial score (nSPS) is 12.9. The lowest BCUT2D eigenvalue weighted by Gasteiger charge is -2.32. The Morgan fingerprint density at radius 2 is 1.68 bits per heavy atom. The summed E-state index contributed by atoms with van der Waals surface area (Å²) in [5.74, 6) is -0.268. The van der Waals surface area contributed by atoms with Gasteiger partial charge in [0.1, 0.15) is 12.6 Å². The molecule has 1 N–H and O–H groups in total. The van der Waals surface area contributed by atoms with Crippen LogP contribution in [0.25, 0.3) is 0 Å². The highest BCUT2D eigenvalue weighted by Crippen LogP contribution is 2.32. The number of hydrogen-bond donors (Lipinski definition) is 1. The molecule has 9 nitrogen and oxygen atoms in total. The number of nitrogens with zero attached hydrogens (tertiary/aromatic N) is 2. The van der Waals surface area contributed by atoms with E-state index in [2.05, 4.69) is 5.32 Å². The topological polar surface area (TPSA) is 105 Å². The smallest absolute Gasteiger partial charge is 0.244 e. The molecule has 0 bridgehead atoms. The number of sulfonamides is 1. The van der Waals surface area contributed by atoms with Crippen LogP contribution in [0.5, 0.6) is 11.5 Å². The molecule has 2 amide bonds. The Labute approximate surface area is 228 Å². The minimum absolute atomic E-state index is 0.0343. The maximum absolute atomic E-state index is 13.6. The van der Waals surface area contributed by atoms with E-state index in [1.54, 1.807) is 25.1 Å². The zero-order valence-electron chi connectivity index (χ0n) is 21.7. The quantitative estimate of drug-likeness (QED) is 0.409. The summed E-state index contributed by atoms with van der Waals surface area (Å²) in [7, 11) is -1.02. The highest BCUT2D eigenvalue weighted by atomic mass is 35.5. The average Bonchev–Trinajstić information content (AvgIpc) is 2.84. The van der Waals surface area contributed by atoms with Gasteiger partial charge in [-0.25, -0.2) is 8.42 Å². The molecule has 0 aromatic heterocycles. The van der Waals surface area contributed by atoms with Crippen molar-refractivity contribution in [1.82, 2.24) is 10.2 Å². The zero-order chi connectivity index (χ0) is 27.9. The Balaban J connectivity index is 2.47. The van der Waals surface area contributed by atoms with Crippen molar-refractivity contribution in [3.63, 3.8) is 0 Å². The molecule has 0 spiro atoms. The molecule has 204 valence electrons. The fourth-order valence-electron chi connectivity index (χ4n) is 3.48. The van der Waals surface area contributed by atoms with Gasteiger partial charge in [0.2, 0.25) is 21.8 Å². The van der Waals surface area contributed by atoms with Crippen LogP contribution < -0.4 is 19.1 Å². The largest absolute Gasteiger partial charge is 0.493 e. The second-order valence-electron chi connectivity index (χ2n) is 8.56. The van der Waals surface area contributed by atoms with Crippen LogP contribution >= 0.6 is 23.2 Å². The van der Waals surface area contributed by atoms with Crippen LogP contribution in [0.3, 0.4) is 0 Å². The molecule has 0 fully saturated rings. The monoisotopic (exact) mass is 573 g/mol. The van der Waals surface area contributed by atoms with Crippen LogP contribution in [-0.4, -0.2) is 64.2 Å². The van der Waals surface area contributed by atoms with Crippen molar-refractivity contribution in [3.05, 3.63) is 52.0 Å². The molecule has 2 aromatic carbocycles. The SMILES string of the molecule is CC[C@H](C)NC(=O)[C@@H](C)N(Cc1ccc(Cl)cc1Cl)C(=O)CN(c1ccc(OC)c(OC)c1)S(C)(=O)=O. The Morgan fingerprint density at radius 1 is 1.03 bits per heavy atom. The van der Waals surface area contributed by atoms with Gasteiger partial charge in [-0.3, -0.25) is 13.9 Å². The number of anilines is 1. The number of carbonyl (C=O) groups is 2. The molecule has 0 saturated heterocycles. The Morgan fingerprint density at radius 3 is 2.22 bits per heavy atom. The molecule has 2 aromatic rings. The van der Waals surface area contributed by atoms with E-state index >= 15 is 0 Å². The summed E-state index contributed by atoms with van der Waals surface area (Å²) in [5, 5.41) is 3.61. The third-order valence-electron chi connectivity index (χ3n) is 5.86. The van der Waals surface area contributed by atoms with E-state index in [-0.39, 0.29) is 24.2 Å². The Hall–Kier alpha value is -2.69. The van der Waals surface area contributed by atoms with Gasteiger partial charge in [0.05, 0.1) is 26.2 Å². The van der Waals surface area contributed by atoms with E-state index in [0.29, 0.717) is 33.5 Å². The van der Waals surface area contributed by atoms with Gasteiger partial charge in [0.15, 0.2) is 11.5 Å². The number of nitrogens with one attached hydrogen (secondary N) is 1. The molecule has 0 radical (unpaired) electrons. The summed E-state index contributed by atoms with van der Waals surface area (Å²) in [6.45, 7) is 4.78. The van der Waals surface area contributed by atoms with Gasteiger partial charge in [-0.2, -0.15) is 0 Å². The third-order valence-corrected chi connectivity index (χ3v) is 7.59. The number of benzene rings is 2. The molecular weight excluding hydrogens is 541 g/mol. The standard InChI is InChI=1S/C25H33Cl2N3O6S/c1-7-16(2)28-25(32)17(3)29(14-18-8-9-19(26)12-21(18)27)24(31)15-30(37(6,33)34)20-10-11-22(35-4)23(13-20)36-5/h8-13,16-17H,7,14-15H2,1-6H3,(H,28,32)/t16-,17+/m0/s1. The first-order chi connectivity index (χ1) is 17.3. The summed E-state index contributed by atoms with van der Waals surface area (Å²) in [6.07, 6.45) is 1.70. The van der Waals surface area contributed by atoms with Crippen molar-refractivity contribution in [2.45, 2.75) is 45.8 Å². The second kappa shape index (κ2) is 13.2. The lowest BCUT2D eigenvalue weighted by molar-refractivity contribution is -0.139. The molecule has 0 unspecified atom stereocenters. The highest BCUT2D eigenvalue weighted by Gasteiger charge is 2.31. The first kappa shape index (κ1) is 30.5. The lowest BCUT2D eigenvalue weighted by Crippen LogP contribution is -2.52. The molecule has 0 aliphatic carbocycles. The summed E-state index contributed by atoms with van der Waals surface area (Å²) in [5.41, 5.74) is 0.759. The fraction of sp³-hybridized carbons (Fsp3) is 0.440. The minimum atomic E-state index is -3.90. The Bertz CT molecular complexity index is 1220. The minimum Gasteiger partial charge on any atom is -0.493 e. The zero-order valence-corrected chi connectivity index (χ0v) is 24.1.